The number of halogens is 1. The largest absolute Gasteiger partial charge is 0.467 e. The molecule has 6 nitrogen and oxygen atoms in total. The standard InChI is InChI=1S/C17H22N2O4.ClH/c1-17(2,3)23-16(21)19-14(15(20)22-4)11-7-9-12-8-5-6-10-13(12)18;/h5-6,8,10,14H,11,18H2,1-4H3,(H,19,21);1H/t14-;/m0./s1. The number of nitrogens with two attached hydrogens (primary N) is 1. The fourth-order valence-electron chi connectivity index (χ4n) is 1.64. The lowest BCUT2D eigenvalue weighted by molar-refractivity contribution is -0.143. The molecule has 0 aliphatic carbocycles. The minimum absolute atomic E-state index is 0. The first-order valence-corrected chi connectivity index (χ1v) is 7.13. The predicted octanol–water partition coefficient (Wildman–Crippen LogP) is 2.50. The quantitative estimate of drug-likeness (QED) is 0.494. The highest BCUT2D eigenvalue weighted by Gasteiger charge is 2.24. The Kier molecular flexibility index (Phi) is 8.72. The van der Waals surface area contributed by atoms with Gasteiger partial charge in [0.2, 0.25) is 0 Å². The minimum atomic E-state index is -0.910. The summed E-state index contributed by atoms with van der Waals surface area (Å²) in [4.78, 5) is 23.5. The molecule has 0 fully saturated rings. The third-order valence-corrected chi connectivity index (χ3v) is 2.67. The Morgan fingerprint density at radius 3 is 2.46 bits per heavy atom. The van der Waals surface area contributed by atoms with Crippen LogP contribution in [0.15, 0.2) is 24.3 Å². The van der Waals surface area contributed by atoms with E-state index in [1.165, 1.54) is 7.11 Å². The van der Waals surface area contributed by atoms with Gasteiger partial charge in [-0.05, 0) is 32.9 Å². The summed E-state index contributed by atoms with van der Waals surface area (Å²) in [5.74, 6) is 5.10. The molecule has 1 aromatic rings. The predicted molar refractivity (Wildman–Crippen MR) is 94.8 cm³/mol. The van der Waals surface area contributed by atoms with Crippen LogP contribution in [0.2, 0.25) is 0 Å². The van der Waals surface area contributed by atoms with Crippen molar-refractivity contribution in [2.75, 3.05) is 12.8 Å². The number of benzene rings is 1. The number of esters is 1. The number of nitrogen functional groups attached to an aromatic ring is 1. The number of alkyl carbamates (subject to hydrolysis) is 1. The molecule has 0 bridgehead atoms. The van der Waals surface area contributed by atoms with Crippen LogP contribution in [-0.2, 0) is 14.3 Å². The second-order valence-corrected chi connectivity index (χ2v) is 5.82. The molecule has 1 amide bonds. The average molecular weight is 355 g/mol. The number of anilines is 1. The maximum absolute atomic E-state index is 11.8. The Balaban J connectivity index is 0.00000529. The van der Waals surface area contributed by atoms with Gasteiger partial charge in [-0.15, -0.1) is 12.4 Å². The summed E-state index contributed by atoms with van der Waals surface area (Å²) in [5, 5.41) is 2.46. The van der Waals surface area contributed by atoms with E-state index >= 15 is 0 Å². The zero-order valence-corrected chi connectivity index (χ0v) is 15.0. The van der Waals surface area contributed by atoms with E-state index in [0.29, 0.717) is 11.3 Å². The van der Waals surface area contributed by atoms with E-state index in [0.717, 1.165) is 0 Å². The van der Waals surface area contributed by atoms with E-state index in [9.17, 15) is 9.59 Å². The van der Waals surface area contributed by atoms with Gasteiger partial charge in [0, 0.05) is 17.7 Å². The minimum Gasteiger partial charge on any atom is -0.467 e. The van der Waals surface area contributed by atoms with Gasteiger partial charge in [0.25, 0.3) is 0 Å². The molecule has 0 saturated heterocycles. The SMILES string of the molecule is COC(=O)[C@H](CC#Cc1ccccc1N)NC(=O)OC(C)(C)C.Cl. The Morgan fingerprint density at radius 1 is 1.29 bits per heavy atom. The normalized spacial score (nSPS) is 11.2. The molecule has 0 radical (unpaired) electrons. The number of methoxy groups -OCH3 is 1. The van der Waals surface area contributed by atoms with Crippen LogP contribution >= 0.6 is 12.4 Å². The lowest BCUT2D eigenvalue weighted by atomic mass is 10.1. The van der Waals surface area contributed by atoms with Crippen molar-refractivity contribution in [2.24, 2.45) is 0 Å². The molecule has 7 heteroatoms. The fraction of sp³-hybridized carbons (Fsp3) is 0.412. The highest BCUT2D eigenvalue weighted by Crippen LogP contribution is 2.09. The zero-order valence-electron chi connectivity index (χ0n) is 14.2. The van der Waals surface area contributed by atoms with E-state index < -0.39 is 23.7 Å². The highest BCUT2D eigenvalue weighted by molar-refractivity contribution is 5.85. The van der Waals surface area contributed by atoms with Crippen LogP contribution in [0.25, 0.3) is 0 Å². The summed E-state index contributed by atoms with van der Waals surface area (Å²) >= 11 is 0. The number of carbonyl (C=O) groups excluding carboxylic acids is 2. The number of hydrogen-bond donors (Lipinski definition) is 2. The maximum atomic E-state index is 11.8. The number of nitrogens with one attached hydrogen (secondary N) is 1. The van der Waals surface area contributed by atoms with Crippen LogP contribution in [0.1, 0.15) is 32.8 Å². The van der Waals surface area contributed by atoms with Crippen LogP contribution in [-0.4, -0.2) is 30.8 Å². The molecule has 0 unspecified atom stereocenters. The second kappa shape index (κ2) is 9.68. The van der Waals surface area contributed by atoms with Crippen LogP contribution < -0.4 is 11.1 Å². The Bertz CT molecular complexity index is 629. The summed E-state index contributed by atoms with van der Waals surface area (Å²) in [6.07, 6.45) is -0.616. The first kappa shape index (κ1) is 21.6. The van der Waals surface area contributed by atoms with Crippen molar-refractivity contribution in [3.05, 3.63) is 29.8 Å². The molecule has 0 aliphatic rings. The van der Waals surface area contributed by atoms with E-state index in [2.05, 4.69) is 21.9 Å². The van der Waals surface area contributed by atoms with Gasteiger partial charge in [-0.1, -0.05) is 24.0 Å². The highest BCUT2D eigenvalue weighted by atomic mass is 35.5. The molecule has 0 saturated carbocycles. The molecule has 24 heavy (non-hydrogen) atoms. The lowest BCUT2D eigenvalue weighted by Gasteiger charge is -2.21. The molecule has 3 N–H and O–H groups in total. The molecule has 1 rings (SSSR count). The number of rotatable bonds is 3. The number of carbonyl (C=O) groups is 2. The summed E-state index contributed by atoms with van der Waals surface area (Å²) in [5.41, 5.74) is 6.34. The monoisotopic (exact) mass is 354 g/mol. The van der Waals surface area contributed by atoms with Crippen LogP contribution in [0, 0.1) is 11.8 Å². The Labute approximate surface area is 148 Å². The van der Waals surface area contributed by atoms with Gasteiger partial charge in [-0.25, -0.2) is 9.59 Å². The fourth-order valence-corrected chi connectivity index (χ4v) is 1.64. The summed E-state index contributed by atoms with van der Waals surface area (Å²) in [7, 11) is 1.24. The molecule has 0 aromatic heterocycles. The Morgan fingerprint density at radius 2 is 1.92 bits per heavy atom. The first-order valence-electron chi connectivity index (χ1n) is 7.13. The number of ether oxygens (including phenoxy) is 2. The zero-order chi connectivity index (χ0) is 17.5. The summed E-state index contributed by atoms with van der Waals surface area (Å²) in [6.45, 7) is 5.20. The molecule has 0 spiro atoms. The third-order valence-electron chi connectivity index (χ3n) is 2.67. The molecule has 1 atom stereocenters. The molecular formula is C17H23ClN2O4. The maximum Gasteiger partial charge on any atom is 0.408 e. The topological polar surface area (TPSA) is 90.6 Å². The molecular weight excluding hydrogens is 332 g/mol. The van der Waals surface area contributed by atoms with Gasteiger partial charge in [-0.2, -0.15) is 0 Å². The van der Waals surface area contributed by atoms with Gasteiger partial charge in [-0.3, -0.25) is 0 Å². The van der Waals surface area contributed by atoms with E-state index in [4.69, 9.17) is 10.5 Å². The first-order chi connectivity index (χ1) is 10.7. The lowest BCUT2D eigenvalue weighted by Crippen LogP contribution is -2.43. The van der Waals surface area contributed by atoms with Gasteiger partial charge in [0.05, 0.1) is 7.11 Å². The molecule has 132 valence electrons. The van der Waals surface area contributed by atoms with E-state index in [1.807, 2.05) is 12.1 Å². The number of amides is 1. The summed E-state index contributed by atoms with van der Waals surface area (Å²) in [6, 6.07) is 6.23. The average Bonchev–Trinajstić information content (AvgIpc) is 2.45. The molecule has 0 aliphatic heterocycles. The van der Waals surface area contributed by atoms with Crippen molar-refractivity contribution >= 4 is 30.2 Å². The smallest absolute Gasteiger partial charge is 0.408 e. The van der Waals surface area contributed by atoms with E-state index in [1.54, 1.807) is 32.9 Å². The Hall–Kier alpha value is -2.39. The van der Waals surface area contributed by atoms with Crippen molar-refractivity contribution in [1.29, 1.82) is 0 Å². The third kappa shape index (κ3) is 7.75. The van der Waals surface area contributed by atoms with Gasteiger partial charge >= 0.3 is 12.1 Å². The molecule has 0 heterocycles. The van der Waals surface area contributed by atoms with Crippen molar-refractivity contribution < 1.29 is 19.1 Å². The van der Waals surface area contributed by atoms with Crippen LogP contribution in [0.4, 0.5) is 10.5 Å². The number of para-hydroxylation sites is 1. The van der Waals surface area contributed by atoms with Crippen molar-refractivity contribution in [3.8, 4) is 11.8 Å². The summed E-state index contributed by atoms with van der Waals surface area (Å²) < 4.78 is 9.79. The van der Waals surface area contributed by atoms with Crippen LogP contribution in [0.5, 0.6) is 0 Å². The van der Waals surface area contributed by atoms with Crippen molar-refractivity contribution in [2.45, 2.75) is 38.8 Å². The van der Waals surface area contributed by atoms with Gasteiger partial charge in [0.15, 0.2) is 0 Å². The molecule has 1 aromatic carbocycles. The van der Waals surface area contributed by atoms with Crippen molar-refractivity contribution in [3.63, 3.8) is 0 Å². The van der Waals surface area contributed by atoms with Crippen molar-refractivity contribution in [1.82, 2.24) is 5.32 Å². The van der Waals surface area contributed by atoms with Gasteiger partial charge in [0.1, 0.15) is 11.6 Å². The second-order valence-electron chi connectivity index (χ2n) is 5.82. The number of hydrogen-bond acceptors (Lipinski definition) is 5. The van der Waals surface area contributed by atoms with Crippen LogP contribution in [0.3, 0.4) is 0 Å². The van der Waals surface area contributed by atoms with Gasteiger partial charge < -0.3 is 20.5 Å². The van der Waals surface area contributed by atoms with E-state index in [-0.39, 0.29) is 18.8 Å².